The predicted octanol–water partition coefficient (Wildman–Crippen LogP) is 4.85. The van der Waals surface area contributed by atoms with Crippen LogP contribution in [0.3, 0.4) is 0 Å². The fourth-order valence-electron chi connectivity index (χ4n) is 2.39. The first kappa shape index (κ1) is 17.1. The molecule has 3 rings (SSSR count). The van der Waals surface area contributed by atoms with Gasteiger partial charge in [0.2, 0.25) is 5.95 Å². The van der Waals surface area contributed by atoms with Crippen LogP contribution < -0.4 is 10.6 Å². The van der Waals surface area contributed by atoms with E-state index >= 15 is 0 Å². The van der Waals surface area contributed by atoms with E-state index in [1.165, 1.54) is 12.4 Å². The fraction of sp³-hybridized carbons (Fsp3) is 0.105. The number of anilines is 3. The van der Waals surface area contributed by atoms with E-state index in [2.05, 4.69) is 36.5 Å². The third-order valence-electron chi connectivity index (χ3n) is 3.75. The molecule has 0 spiro atoms. The highest BCUT2D eigenvalue weighted by Gasteiger charge is 2.10. The van der Waals surface area contributed by atoms with Crippen molar-refractivity contribution in [3.8, 4) is 0 Å². The molecule has 6 heteroatoms. The molecule has 0 aliphatic heterocycles. The molecule has 0 atom stereocenters. The Hall–Kier alpha value is -2.73. The quantitative estimate of drug-likeness (QED) is 0.661. The molecule has 0 saturated carbocycles. The summed E-state index contributed by atoms with van der Waals surface area (Å²) in [6, 6.07) is 13.5. The first-order valence-electron chi connectivity index (χ1n) is 7.76. The smallest absolute Gasteiger partial charge is 0.258 e. The molecular formula is C19H17BrN4O. The molecule has 0 fully saturated rings. The van der Waals surface area contributed by atoms with Gasteiger partial charge < -0.3 is 10.6 Å². The van der Waals surface area contributed by atoms with E-state index in [1.807, 2.05) is 56.3 Å². The van der Waals surface area contributed by atoms with Gasteiger partial charge in [-0.3, -0.25) is 4.79 Å². The van der Waals surface area contributed by atoms with Crippen LogP contribution in [0.15, 0.2) is 59.3 Å². The van der Waals surface area contributed by atoms with Gasteiger partial charge in [-0.25, -0.2) is 9.97 Å². The average molecular weight is 397 g/mol. The summed E-state index contributed by atoms with van der Waals surface area (Å²) >= 11 is 3.40. The van der Waals surface area contributed by atoms with Crippen LogP contribution in [0.5, 0.6) is 0 Å². The average Bonchev–Trinajstić information content (AvgIpc) is 2.61. The van der Waals surface area contributed by atoms with Gasteiger partial charge in [-0.05, 0) is 53.0 Å². The summed E-state index contributed by atoms with van der Waals surface area (Å²) in [7, 11) is 0. The highest BCUT2D eigenvalue weighted by Crippen LogP contribution is 2.23. The molecule has 1 heterocycles. The summed E-state index contributed by atoms with van der Waals surface area (Å²) in [5, 5.41) is 6.03. The van der Waals surface area contributed by atoms with Gasteiger partial charge in [0.05, 0.1) is 11.3 Å². The highest BCUT2D eigenvalue weighted by molar-refractivity contribution is 9.10. The van der Waals surface area contributed by atoms with Crippen molar-refractivity contribution in [2.75, 3.05) is 10.6 Å². The van der Waals surface area contributed by atoms with Crippen molar-refractivity contribution in [2.24, 2.45) is 0 Å². The van der Waals surface area contributed by atoms with Crippen LogP contribution in [0, 0.1) is 13.8 Å². The summed E-state index contributed by atoms with van der Waals surface area (Å²) in [5.74, 6) is 0.195. The van der Waals surface area contributed by atoms with Crippen molar-refractivity contribution >= 4 is 39.2 Å². The molecule has 0 radical (unpaired) electrons. The zero-order valence-corrected chi connectivity index (χ0v) is 15.5. The number of aryl methyl sites for hydroxylation is 2. The van der Waals surface area contributed by atoms with Gasteiger partial charge in [0, 0.05) is 22.6 Å². The monoisotopic (exact) mass is 396 g/mol. The van der Waals surface area contributed by atoms with E-state index in [4.69, 9.17) is 0 Å². The zero-order valence-electron chi connectivity index (χ0n) is 13.9. The van der Waals surface area contributed by atoms with Crippen LogP contribution in [-0.4, -0.2) is 15.9 Å². The molecule has 126 valence electrons. The number of halogens is 1. The second-order valence-electron chi connectivity index (χ2n) is 5.62. The van der Waals surface area contributed by atoms with Crippen molar-refractivity contribution in [2.45, 2.75) is 13.8 Å². The molecule has 3 aromatic rings. The zero-order chi connectivity index (χ0) is 17.8. The number of hydrogen-bond donors (Lipinski definition) is 2. The second kappa shape index (κ2) is 7.44. The molecule has 5 nitrogen and oxygen atoms in total. The second-order valence-corrected chi connectivity index (χ2v) is 6.48. The number of hydrogen-bond acceptors (Lipinski definition) is 4. The Morgan fingerprint density at radius 1 is 0.960 bits per heavy atom. The minimum Gasteiger partial charge on any atom is -0.324 e. The third kappa shape index (κ3) is 4.03. The largest absolute Gasteiger partial charge is 0.324 e. The van der Waals surface area contributed by atoms with Gasteiger partial charge in [0.15, 0.2) is 0 Å². The molecule has 0 aliphatic carbocycles. The fourth-order valence-corrected chi connectivity index (χ4v) is 2.77. The lowest BCUT2D eigenvalue weighted by Crippen LogP contribution is -2.13. The summed E-state index contributed by atoms with van der Waals surface area (Å²) in [5.41, 5.74) is 4.29. The minimum absolute atomic E-state index is 0.259. The molecule has 0 aliphatic rings. The topological polar surface area (TPSA) is 66.9 Å². The van der Waals surface area contributed by atoms with Crippen LogP contribution in [0.25, 0.3) is 0 Å². The molecule has 0 unspecified atom stereocenters. The maximum atomic E-state index is 12.3. The Labute approximate surface area is 154 Å². The molecule has 2 N–H and O–H groups in total. The van der Waals surface area contributed by atoms with Crippen molar-refractivity contribution in [3.05, 3.63) is 76.0 Å². The molecular weight excluding hydrogens is 380 g/mol. The Kier molecular flexibility index (Phi) is 5.09. The van der Waals surface area contributed by atoms with Crippen LogP contribution >= 0.6 is 15.9 Å². The summed E-state index contributed by atoms with van der Waals surface area (Å²) in [6.07, 6.45) is 3.02. The molecule has 0 bridgehead atoms. The number of carbonyl (C=O) groups is 1. The lowest BCUT2D eigenvalue weighted by molar-refractivity contribution is 0.102. The molecule has 25 heavy (non-hydrogen) atoms. The lowest BCUT2D eigenvalue weighted by Gasteiger charge is -2.11. The number of rotatable bonds is 4. The lowest BCUT2D eigenvalue weighted by atomic mass is 10.1. The van der Waals surface area contributed by atoms with Crippen LogP contribution in [0.4, 0.5) is 17.3 Å². The van der Waals surface area contributed by atoms with Gasteiger partial charge in [0.1, 0.15) is 0 Å². The number of amides is 1. The molecule has 1 aromatic heterocycles. The van der Waals surface area contributed by atoms with Crippen molar-refractivity contribution < 1.29 is 4.79 Å². The standard InChI is InChI=1S/C19H17BrN4O/c1-12-6-5-7-13(2)17(12)24-19-21-10-14(11-22-19)18(25)23-16-9-4-3-8-15(16)20/h3-11H,1-2H3,(H,23,25)(H,21,22,24). The maximum Gasteiger partial charge on any atom is 0.258 e. The van der Waals surface area contributed by atoms with E-state index in [0.29, 0.717) is 17.2 Å². The molecule has 2 aromatic carbocycles. The normalized spacial score (nSPS) is 10.4. The Morgan fingerprint density at radius 3 is 2.24 bits per heavy atom. The van der Waals surface area contributed by atoms with Gasteiger partial charge in [-0.15, -0.1) is 0 Å². The van der Waals surface area contributed by atoms with Crippen molar-refractivity contribution in [1.29, 1.82) is 0 Å². The van der Waals surface area contributed by atoms with E-state index in [0.717, 1.165) is 21.3 Å². The number of nitrogens with one attached hydrogen (secondary N) is 2. The Balaban J connectivity index is 1.74. The molecule has 0 saturated heterocycles. The minimum atomic E-state index is -0.259. The van der Waals surface area contributed by atoms with Gasteiger partial charge in [0.25, 0.3) is 5.91 Å². The predicted molar refractivity (Wildman–Crippen MR) is 103 cm³/mol. The van der Waals surface area contributed by atoms with Crippen LogP contribution in [-0.2, 0) is 0 Å². The van der Waals surface area contributed by atoms with Gasteiger partial charge >= 0.3 is 0 Å². The third-order valence-corrected chi connectivity index (χ3v) is 4.45. The number of aromatic nitrogens is 2. The number of nitrogens with zero attached hydrogens (tertiary/aromatic N) is 2. The summed E-state index contributed by atoms with van der Waals surface area (Å²) < 4.78 is 0.817. The van der Waals surface area contributed by atoms with Gasteiger partial charge in [-0.2, -0.15) is 0 Å². The van der Waals surface area contributed by atoms with E-state index in [-0.39, 0.29) is 5.91 Å². The van der Waals surface area contributed by atoms with Crippen LogP contribution in [0.1, 0.15) is 21.5 Å². The molecule has 1 amide bonds. The van der Waals surface area contributed by atoms with E-state index in [1.54, 1.807) is 0 Å². The van der Waals surface area contributed by atoms with Gasteiger partial charge in [-0.1, -0.05) is 30.3 Å². The SMILES string of the molecule is Cc1cccc(C)c1Nc1ncc(C(=O)Nc2ccccc2Br)cn1. The van der Waals surface area contributed by atoms with Crippen LogP contribution in [0.2, 0.25) is 0 Å². The van der Waals surface area contributed by atoms with E-state index in [9.17, 15) is 4.79 Å². The number of benzene rings is 2. The first-order chi connectivity index (χ1) is 12.0. The highest BCUT2D eigenvalue weighted by atomic mass is 79.9. The van der Waals surface area contributed by atoms with E-state index < -0.39 is 0 Å². The Morgan fingerprint density at radius 2 is 1.60 bits per heavy atom. The first-order valence-corrected chi connectivity index (χ1v) is 8.55. The summed E-state index contributed by atoms with van der Waals surface area (Å²) in [4.78, 5) is 20.8. The maximum absolute atomic E-state index is 12.3. The number of carbonyl (C=O) groups excluding carboxylic acids is 1. The summed E-state index contributed by atoms with van der Waals surface area (Å²) in [6.45, 7) is 4.05. The number of para-hydroxylation sites is 2. The van der Waals surface area contributed by atoms with Crippen molar-refractivity contribution in [1.82, 2.24) is 9.97 Å². The van der Waals surface area contributed by atoms with Crippen molar-refractivity contribution in [3.63, 3.8) is 0 Å². The Bertz CT molecular complexity index is 889.